The van der Waals surface area contributed by atoms with Gasteiger partial charge in [0.1, 0.15) is 18.0 Å². The molecule has 0 radical (unpaired) electrons. The number of nitriles is 1. The number of fused-ring (bicyclic) bond motifs is 2. The van der Waals surface area contributed by atoms with Crippen LogP contribution in [0, 0.1) is 17.1 Å². The van der Waals surface area contributed by atoms with Crippen molar-refractivity contribution < 1.29 is 28.2 Å². The fourth-order valence-corrected chi connectivity index (χ4v) is 5.81. The summed E-state index contributed by atoms with van der Waals surface area (Å²) >= 11 is 0. The third kappa shape index (κ3) is 5.03. The highest BCUT2D eigenvalue weighted by molar-refractivity contribution is 5.95. The Morgan fingerprint density at radius 1 is 1.26 bits per heavy atom. The molecule has 1 unspecified atom stereocenters. The van der Waals surface area contributed by atoms with Gasteiger partial charge >= 0.3 is 5.97 Å². The van der Waals surface area contributed by atoms with Gasteiger partial charge < -0.3 is 24.8 Å². The predicted molar refractivity (Wildman–Crippen MR) is 138 cm³/mol. The van der Waals surface area contributed by atoms with Crippen LogP contribution in [0.2, 0.25) is 0 Å². The van der Waals surface area contributed by atoms with E-state index < -0.39 is 23.6 Å². The van der Waals surface area contributed by atoms with Gasteiger partial charge in [-0.25, -0.2) is 9.18 Å². The molecule has 4 heterocycles. The molecule has 3 saturated heterocycles. The Morgan fingerprint density at radius 2 is 2.08 bits per heavy atom. The summed E-state index contributed by atoms with van der Waals surface area (Å²) < 4.78 is 32.1. The minimum absolute atomic E-state index is 0.0326. The molecule has 9 nitrogen and oxygen atoms in total. The normalized spacial score (nSPS) is 25.8. The van der Waals surface area contributed by atoms with Crippen molar-refractivity contribution in [1.29, 1.82) is 5.26 Å². The van der Waals surface area contributed by atoms with Crippen molar-refractivity contribution in [2.24, 2.45) is 0 Å². The molecule has 3 fully saturated rings. The minimum Gasteiger partial charge on any atom is -0.449 e. The van der Waals surface area contributed by atoms with Crippen LogP contribution in [0.1, 0.15) is 34.3 Å². The molecule has 3 atom stereocenters. The van der Waals surface area contributed by atoms with E-state index in [0.717, 1.165) is 30.6 Å². The number of carbonyl (C=O) groups excluding carboxylic acids is 2. The van der Waals surface area contributed by atoms with Gasteiger partial charge in [0, 0.05) is 44.6 Å². The fraction of sp³-hybridized carbons (Fsp3) is 0.483. The van der Waals surface area contributed by atoms with Crippen molar-refractivity contribution in [2.45, 2.75) is 43.1 Å². The number of rotatable bonds is 6. The number of likely N-dealkylation sites (tertiary alicyclic amines) is 1. The van der Waals surface area contributed by atoms with Gasteiger partial charge in [-0.3, -0.25) is 9.69 Å². The molecule has 2 N–H and O–H groups in total. The van der Waals surface area contributed by atoms with Gasteiger partial charge in [0.2, 0.25) is 0 Å². The zero-order valence-corrected chi connectivity index (χ0v) is 21.6. The molecule has 0 aliphatic carbocycles. The van der Waals surface area contributed by atoms with Crippen molar-refractivity contribution in [3.63, 3.8) is 0 Å². The van der Waals surface area contributed by atoms with E-state index in [1.54, 1.807) is 24.3 Å². The third-order valence-corrected chi connectivity index (χ3v) is 8.14. The van der Waals surface area contributed by atoms with Gasteiger partial charge in [0.15, 0.2) is 5.60 Å². The first-order chi connectivity index (χ1) is 19.0. The van der Waals surface area contributed by atoms with Crippen LogP contribution < -0.4 is 10.6 Å². The van der Waals surface area contributed by atoms with Gasteiger partial charge in [-0.05, 0) is 47.9 Å². The van der Waals surface area contributed by atoms with Crippen molar-refractivity contribution in [1.82, 2.24) is 15.5 Å². The van der Waals surface area contributed by atoms with Crippen LogP contribution in [0.3, 0.4) is 0 Å². The second kappa shape index (κ2) is 10.7. The van der Waals surface area contributed by atoms with Crippen molar-refractivity contribution in [3.05, 3.63) is 58.9 Å². The second-order valence-corrected chi connectivity index (χ2v) is 10.7. The summed E-state index contributed by atoms with van der Waals surface area (Å²) in [6.07, 6.45) is 0.877. The Labute approximate surface area is 226 Å². The van der Waals surface area contributed by atoms with Crippen LogP contribution in [0.25, 0.3) is 11.1 Å². The standard InChI is InChI=1S/C29H31FN4O5/c30-25-12-19(2-3-20(25)10-21(13-31)33-27(35)26-14-32-7-1-9-38-26)18-4-5-23-24(11-18)29(39-28(23)36)6-8-34(17-29)22-15-37-16-22/h2-5,11-12,21-22,26,32H,1,6-10,14-17H2,(H,33,35)/t21-,26-,29?/m0/s1. The minimum atomic E-state index is -0.890. The van der Waals surface area contributed by atoms with Crippen LogP contribution in [-0.2, 0) is 31.0 Å². The molecule has 6 rings (SSSR count). The van der Waals surface area contributed by atoms with E-state index in [4.69, 9.17) is 14.2 Å². The smallest absolute Gasteiger partial charge is 0.339 e. The summed E-state index contributed by atoms with van der Waals surface area (Å²) in [5, 5.41) is 15.4. The van der Waals surface area contributed by atoms with E-state index in [1.807, 2.05) is 6.07 Å². The highest BCUT2D eigenvalue weighted by atomic mass is 19.1. The van der Waals surface area contributed by atoms with E-state index in [0.29, 0.717) is 62.1 Å². The lowest BCUT2D eigenvalue weighted by molar-refractivity contribution is -0.132. The van der Waals surface area contributed by atoms with Crippen LogP contribution in [0.5, 0.6) is 0 Å². The first kappa shape index (κ1) is 25.9. The zero-order chi connectivity index (χ0) is 27.0. The number of ether oxygens (including phenoxy) is 3. The van der Waals surface area contributed by atoms with Crippen LogP contribution in [0.4, 0.5) is 4.39 Å². The summed E-state index contributed by atoms with van der Waals surface area (Å²) in [5.41, 5.74) is 2.49. The van der Waals surface area contributed by atoms with Gasteiger partial charge in [-0.2, -0.15) is 5.26 Å². The van der Waals surface area contributed by atoms with Crippen molar-refractivity contribution in [3.8, 4) is 17.2 Å². The Hall–Kier alpha value is -3.36. The molecule has 39 heavy (non-hydrogen) atoms. The SMILES string of the molecule is N#C[C@H](Cc1ccc(-c2ccc3c(c2)C2(CCN(C4COC4)C2)OC3=O)cc1F)NC(=O)[C@@H]1CNCCCO1. The monoisotopic (exact) mass is 534 g/mol. The maximum atomic E-state index is 15.2. The molecule has 0 aromatic heterocycles. The highest BCUT2D eigenvalue weighted by Gasteiger charge is 2.51. The number of esters is 1. The molecule has 4 aliphatic rings. The molecule has 2 aromatic rings. The molecule has 2 aromatic carbocycles. The first-order valence-corrected chi connectivity index (χ1v) is 13.5. The Kier molecular flexibility index (Phi) is 7.08. The Bertz CT molecular complexity index is 1320. The first-order valence-electron chi connectivity index (χ1n) is 13.5. The number of nitrogens with one attached hydrogen (secondary N) is 2. The van der Waals surface area contributed by atoms with E-state index in [2.05, 4.69) is 21.6 Å². The van der Waals surface area contributed by atoms with Crippen LogP contribution in [-0.4, -0.2) is 81.0 Å². The maximum Gasteiger partial charge on any atom is 0.339 e. The summed E-state index contributed by atoms with van der Waals surface area (Å²) in [6.45, 7) is 4.46. The number of halogens is 1. The number of hydrogen-bond donors (Lipinski definition) is 2. The molecule has 0 saturated carbocycles. The predicted octanol–water partition coefficient (Wildman–Crippen LogP) is 1.89. The van der Waals surface area contributed by atoms with Crippen LogP contribution in [0.15, 0.2) is 36.4 Å². The number of hydrogen-bond acceptors (Lipinski definition) is 8. The molecular formula is C29H31FN4O5. The molecule has 1 amide bonds. The van der Waals surface area contributed by atoms with Gasteiger partial charge in [0.05, 0.1) is 30.9 Å². The number of amides is 1. The average Bonchev–Trinajstić information content (AvgIpc) is 3.29. The molecule has 4 aliphatic heterocycles. The van der Waals surface area contributed by atoms with E-state index in [-0.39, 0.29) is 18.3 Å². The summed E-state index contributed by atoms with van der Waals surface area (Å²) in [5.74, 6) is -1.17. The van der Waals surface area contributed by atoms with Crippen molar-refractivity contribution in [2.75, 3.05) is 46.0 Å². The van der Waals surface area contributed by atoms with Crippen molar-refractivity contribution >= 4 is 11.9 Å². The van der Waals surface area contributed by atoms with E-state index >= 15 is 4.39 Å². The molecule has 1 spiro atoms. The quantitative estimate of drug-likeness (QED) is 0.541. The maximum absolute atomic E-state index is 15.2. The largest absolute Gasteiger partial charge is 0.449 e. The number of nitrogens with zero attached hydrogens (tertiary/aromatic N) is 2. The molecular weight excluding hydrogens is 503 g/mol. The van der Waals surface area contributed by atoms with Gasteiger partial charge in [-0.1, -0.05) is 18.2 Å². The molecule has 0 bridgehead atoms. The average molecular weight is 535 g/mol. The Morgan fingerprint density at radius 3 is 2.85 bits per heavy atom. The third-order valence-electron chi connectivity index (χ3n) is 8.14. The van der Waals surface area contributed by atoms with E-state index in [1.165, 1.54) is 6.07 Å². The lowest BCUT2D eigenvalue weighted by Gasteiger charge is -2.35. The number of carbonyl (C=O) groups is 2. The second-order valence-electron chi connectivity index (χ2n) is 10.7. The summed E-state index contributed by atoms with van der Waals surface area (Å²) in [6, 6.07) is 11.9. The van der Waals surface area contributed by atoms with Gasteiger partial charge in [-0.15, -0.1) is 0 Å². The zero-order valence-electron chi connectivity index (χ0n) is 21.6. The van der Waals surface area contributed by atoms with Gasteiger partial charge in [0.25, 0.3) is 5.91 Å². The Balaban J connectivity index is 1.17. The van der Waals surface area contributed by atoms with E-state index in [9.17, 15) is 14.9 Å². The molecule has 204 valence electrons. The fourth-order valence-electron chi connectivity index (χ4n) is 5.81. The van der Waals surface area contributed by atoms with Crippen LogP contribution >= 0.6 is 0 Å². The highest BCUT2D eigenvalue weighted by Crippen LogP contribution is 2.45. The number of benzene rings is 2. The topological polar surface area (TPSA) is 113 Å². The lowest BCUT2D eigenvalue weighted by atomic mass is 9.88. The lowest BCUT2D eigenvalue weighted by Crippen LogP contribution is -2.49. The summed E-state index contributed by atoms with van der Waals surface area (Å²) in [4.78, 5) is 27.6. The summed E-state index contributed by atoms with van der Waals surface area (Å²) in [7, 11) is 0. The molecule has 10 heteroatoms.